The number of rotatable bonds is 4. The Morgan fingerprint density at radius 1 is 0.531 bits per heavy atom. The zero-order chi connectivity index (χ0) is 32.9. The first kappa shape index (κ1) is 28.8. The van der Waals surface area contributed by atoms with Crippen LogP contribution in [0.3, 0.4) is 0 Å². The first-order valence-electron chi connectivity index (χ1n) is 16.5. The third-order valence-corrected chi connectivity index (χ3v) is 12.7. The second-order valence-electron chi connectivity index (χ2n) is 13.0. The van der Waals surface area contributed by atoms with Gasteiger partial charge in [-0.25, -0.2) is 8.42 Å². The van der Waals surface area contributed by atoms with E-state index in [0.717, 1.165) is 44.3 Å². The Labute approximate surface area is 293 Å². The van der Waals surface area contributed by atoms with Gasteiger partial charge in [0, 0.05) is 27.2 Å². The smallest absolute Gasteiger partial charge is 0.207 e. The van der Waals surface area contributed by atoms with E-state index in [9.17, 15) is 8.42 Å². The largest absolute Gasteiger partial charge is 0.309 e. The van der Waals surface area contributed by atoms with Crippen LogP contribution in [-0.4, -0.2) is 13.0 Å². The summed E-state index contributed by atoms with van der Waals surface area (Å²) < 4.78 is 31.2. The summed E-state index contributed by atoms with van der Waals surface area (Å²) in [6.45, 7) is 0. The molecule has 0 bridgehead atoms. The van der Waals surface area contributed by atoms with Gasteiger partial charge in [-0.2, -0.15) is 0 Å². The number of hydrogen-bond acceptors (Lipinski definition) is 2. The highest BCUT2D eigenvalue weighted by Crippen LogP contribution is 2.46. The molecule has 0 spiro atoms. The quantitative estimate of drug-likeness (QED) is 0.182. The fraction of sp³-hybridized carbons (Fsp3) is 0.0455. The Kier molecular flexibility index (Phi) is 6.24. The van der Waals surface area contributed by atoms with Gasteiger partial charge < -0.3 is 4.57 Å². The topological polar surface area (TPSA) is 39.1 Å². The lowest BCUT2D eigenvalue weighted by Gasteiger charge is -2.14. The van der Waals surface area contributed by atoms with E-state index >= 15 is 0 Å². The molecule has 0 fully saturated rings. The molecule has 8 aromatic rings. The monoisotopic (exact) mass is 713 g/mol. The molecular formula is C44H28BrNO2S. The van der Waals surface area contributed by atoms with Crippen molar-refractivity contribution in [2.45, 2.75) is 22.6 Å². The van der Waals surface area contributed by atoms with E-state index in [4.69, 9.17) is 0 Å². The molecule has 0 amide bonds. The molecule has 7 aromatic carbocycles. The van der Waals surface area contributed by atoms with Gasteiger partial charge in [0.2, 0.25) is 9.84 Å². The number of nitrogens with zero attached hydrogens (tertiary/aromatic N) is 1. The molecule has 2 aliphatic carbocycles. The molecule has 0 N–H and O–H groups in total. The maximum absolute atomic E-state index is 14.0. The summed E-state index contributed by atoms with van der Waals surface area (Å²) >= 11 is 3.43. The summed E-state index contributed by atoms with van der Waals surface area (Å²) in [7, 11) is -3.72. The summed E-state index contributed by atoms with van der Waals surface area (Å²) in [6.07, 6.45) is 1.64. The van der Waals surface area contributed by atoms with E-state index in [2.05, 4.69) is 130 Å². The van der Waals surface area contributed by atoms with Crippen LogP contribution in [0.2, 0.25) is 0 Å². The number of benzene rings is 7. The Morgan fingerprint density at radius 3 is 2.12 bits per heavy atom. The van der Waals surface area contributed by atoms with E-state index in [-0.39, 0.29) is 0 Å². The summed E-state index contributed by atoms with van der Waals surface area (Å²) in [4.78, 5) is 0.655. The van der Waals surface area contributed by atoms with Gasteiger partial charge in [-0.15, -0.1) is 0 Å². The lowest BCUT2D eigenvalue weighted by Crippen LogP contribution is -2.04. The van der Waals surface area contributed by atoms with Crippen molar-refractivity contribution in [2.24, 2.45) is 0 Å². The number of fused-ring (bicyclic) bond motifs is 9. The van der Waals surface area contributed by atoms with Crippen LogP contribution in [-0.2, 0) is 22.7 Å². The predicted octanol–water partition coefficient (Wildman–Crippen LogP) is 11.2. The number of sulfone groups is 1. The molecule has 1 aromatic heterocycles. The summed E-state index contributed by atoms with van der Waals surface area (Å²) in [5, 5.41) is 2.41. The van der Waals surface area contributed by atoms with Gasteiger partial charge in [-0.3, -0.25) is 0 Å². The molecule has 10 rings (SSSR count). The van der Waals surface area contributed by atoms with Crippen LogP contribution < -0.4 is 0 Å². The van der Waals surface area contributed by atoms with Gasteiger partial charge in [0.05, 0.1) is 26.5 Å². The average molecular weight is 715 g/mol. The van der Waals surface area contributed by atoms with E-state index < -0.39 is 9.84 Å². The van der Waals surface area contributed by atoms with Crippen molar-refractivity contribution in [2.75, 3.05) is 0 Å². The number of para-hydroxylation sites is 1. The third kappa shape index (κ3) is 4.29. The lowest BCUT2D eigenvalue weighted by molar-refractivity contribution is 0.596. The molecule has 0 unspecified atom stereocenters. The molecule has 0 aliphatic heterocycles. The molecule has 5 heteroatoms. The summed E-state index contributed by atoms with van der Waals surface area (Å²) in [6, 6.07) is 49.9. The minimum atomic E-state index is -3.72. The Morgan fingerprint density at radius 2 is 1.22 bits per heavy atom. The van der Waals surface area contributed by atoms with E-state index in [1.165, 1.54) is 49.7 Å². The van der Waals surface area contributed by atoms with Gasteiger partial charge in [0.1, 0.15) is 0 Å². The first-order valence-corrected chi connectivity index (χ1v) is 18.7. The first-order chi connectivity index (χ1) is 24.0. The summed E-state index contributed by atoms with van der Waals surface area (Å²) in [5.74, 6) is 0. The highest BCUT2D eigenvalue weighted by molar-refractivity contribution is 9.10. The molecule has 3 nitrogen and oxygen atoms in total. The van der Waals surface area contributed by atoms with Crippen LogP contribution in [0.25, 0.3) is 60.9 Å². The fourth-order valence-corrected chi connectivity index (χ4v) is 9.88. The molecule has 0 saturated heterocycles. The second kappa shape index (κ2) is 10.6. The Balaban J connectivity index is 1.12. The van der Waals surface area contributed by atoms with Crippen molar-refractivity contribution in [3.63, 3.8) is 0 Å². The zero-order valence-corrected chi connectivity index (χ0v) is 28.7. The SMILES string of the molecule is O=S(=O)(c1ccc(Br)cc1)c1cccc2c1-c1cc(-c3ccc4c(c3)c3ccccc3n4-c3cccc4c3Cc3ccccc3-4)ccc1C2. The molecule has 1 heterocycles. The lowest BCUT2D eigenvalue weighted by atomic mass is 9.97. The van der Waals surface area contributed by atoms with Gasteiger partial charge in [0.15, 0.2) is 0 Å². The van der Waals surface area contributed by atoms with Gasteiger partial charge in [-0.1, -0.05) is 101 Å². The molecular weight excluding hydrogens is 686 g/mol. The summed E-state index contributed by atoms with van der Waals surface area (Å²) in [5.41, 5.74) is 15.1. The van der Waals surface area contributed by atoms with Crippen molar-refractivity contribution in [1.29, 1.82) is 0 Å². The van der Waals surface area contributed by atoms with Crippen LogP contribution >= 0.6 is 15.9 Å². The van der Waals surface area contributed by atoms with Crippen LogP contribution in [0.4, 0.5) is 0 Å². The Hall–Kier alpha value is -5.23. The maximum Gasteiger partial charge on any atom is 0.207 e. The fourth-order valence-electron chi connectivity index (χ4n) is 8.10. The van der Waals surface area contributed by atoms with Crippen LogP contribution in [0, 0.1) is 0 Å². The van der Waals surface area contributed by atoms with Gasteiger partial charge in [0.25, 0.3) is 0 Å². The van der Waals surface area contributed by atoms with Gasteiger partial charge in [-0.05, 0) is 117 Å². The molecule has 234 valence electrons. The maximum atomic E-state index is 14.0. The van der Waals surface area contributed by atoms with Crippen molar-refractivity contribution >= 4 is 47.6 Å². The average Bonchev–Trinajstić information content (AvgIpc) is 3.81. The minimum Gasteiger partial charge on any atom is -0.309 e. The molecule has 2 aliphatic rings. The molecule has 0 radical (unpaired) electrons. The molecule has 0 saturated carbocycles. The Bertz CT molecular complexity index is 2790. The highest BCUT2D eigenvalue weighted by Gasteiger charge is 2.29. The predicted molar refractivity (Wildman–Crippen MR) is 202 cm³/mol. The second-order valence-corrected chi connectivity index (χ2v) is 15.9. The normalized spacial score (nSPS) is 13.0. The van der Waals surface area contributed by atoms with Gasteiger partial charge >= 0.3 is 0 Å². The van der Waals surface area contributed by atoms with E-state index in [0.29, 0.717) is 16.2 Å². The van der Waals surface area contributed by atoms with Crippen molar-refractivity contribution in [3.05, 3.63) is 172 Å². The zero-order valence-electron chi connectivity index (χ0n) is 26.3. The highest BCUT2D eigenvalue weighted by atomic mass is 79.9. The standard InChI is InChI=1S/C44H28BrNO2S/c45-32-18-20-33(21-19-32)49(47,48)43-14-5-8-31-23-30-16-15-27(24-37(30)44(31)43)28-17-22-42-39(25-28)36-10-3-4-12-40(36)46(42)41-13-6-11-35-34-9-2-1-7-29(34)26-38(35)41/h1-22,24-25H,23,26H2. The number of aromatic nitrogens is 1. The number of halogens is 1. The van der Waals surface area contributed by atoms with Crippen LogP contribution in [0.15, 0.2) is 160 Å². The minimum absolute atomic E-state index is 0.295. The van der Waals surface area contributed by atoms with Crippen molar-refractivity contribution in [1.82, 2.24) is 4.57 Å². The van der Waals surface area contributed by atoms with Crippen molar-refractivity contribution in [3.8, 4) is 39.1 Å². The van der Waals surface area contributed by atoms with E-state index in [1.807, 2.05) is 6.07 Å². The van der Waals surface area contributed by atoms with Crippen LogP contribution in [0.5, 0.6) is 0 Å². The van der Waals surface area contributed by atoms with Crippen LogP contribution in [0.1, 0.15) is 22.3 Å². The molecule has 49 heavy (non-hydrogen) atoms. The van der Waals surface area contributed by atoms with E-state index in [1.54, 1.807) is 30.3 Å². The third-order valence-electron chi connectivity index (χ3n) is 10.4. The number of hydrogen-bond donors (Lipinski definition) is 0. The molecule has 0 atom stereocenters. The van der Waals surface area contributed by atoms with Crippen molar-refractivity contribution < 1.29 is 8.42 Å².